The number of amides is 1. The molecule has 0 saturated heterocycles. The summed E-state index contributed by atoms with van der Waals surface area (Å²) in [5.41, 5.74) is 1.23. The van der Waals surface area contributed by atoms with Crippen LogP contribution in [0.2, 0.25) is 5.02 Å². The number of carbonyl (C=O) groups is 1. The maximum atomic E-state index is 12.3. The van der Waals surface area contributed by atoms with E-state index in [1.165, 1.54) is 14.2 Å². The van der Waals surface area contributed by atoms with Crippen LogP contribution in [0.15, 0.2) is 40.9 Å². The van der Waals surface area contributed by atoms with Gasteiger partial charge in [-0.15, -0.1) is 0 Å². The highest BCUT2D eigenvalue weighted by molar-refractivity contribution is 6.32. The molecule has 0 aliphatic heterocycles. The number of methoxy groups -OCH3 is 3. The molecule has 0 spiro atoms. The Kier molecular flexibility index (Phi) is 7.13. The largest absolute Gasteiger partial charge is 0.496 e. The van der Waals surface area contributed by atoms with Gasteiger partial charge in [0, 0.05) is 25.0 Å². The van der Waals surface area contributed by atoms with Crippen LogP contribution in [0.5, 0.6) is 17.2 Å². The molecule has 0 bridgehead atoms. The fraction of sp³-hybridized carbons (Fsp3) is 0.286. The molecule has 0 atom stereocenters. The lowest BCUT2D eigenvalue weighted by Gasteiger charge is -2.13. The van der Waals surface area contributed by atoms with Crippen LogP contribution in [0.4, 0.5) is 5.69 Å². The molecule has 0 unspecified atom stereocenters. The normalized spacial score (nSPS) is 10.5. The third kappa shape index (κ3) is 5.01. The molecule has 158 valence electrons. The highest BCUT2D eigenvalue weighted by Gasteiger charge is 2.15. The molecule has 1 heterocycles. The third-order valence-corrected chi connectivity index (χ3v) is 4.65. The van der Waals surface area contributed by atoms with Crippen molar-refractivity contribution in [3.05, 3.63) is 47.3 Å². The van der Waals surface area contributed by atoms with E-state index in [4.69, 9.17) is 30.3 Å². The molecule has 0 aliphatic carbocycles. The molecule has 0 fully saturated rings. The lowest BCUT2D eigenvalue weighted by Crippen LogP contribution is -2.12. The molecule has 30 heavy (non-hydrogen) atoms. The van der Waals surface area contributed by atoms with Gasteiger partial charge >= 0.3 is 0 Å². The van der Waals surface area contributed by atoms with E-state index in [2.05, 4.69) is 15.5 Å². The number of aromatic nitrogens is 2. The quantitative estimate of drug-likeness (QED) is 0.537. The Labute approximate surface area is 179 Å². The predicted molar refractivity (Wildman–Crippen MR) is 112 cm³/mol. The van der Waals surface area contributed by atoms with Gasteiger partial charge in [0.1, 0.15) is 17.2 Å². The maximum Gasteiger partial charge on any atom is 0.226 e. The summed E-state index contributed by atoms with van der Waals surface area (Å²) in [4.78, 5) is 16.7. The fourth-order valence-corrected chi connectivity index (χ4v) is 3.10. The summed E-state index contributed by atoms with van der Waals surface area (Å²) in [5.74, 6) is 2.29. The Morgan fingerprint density at radius 2 is 1.80 bits per heavy atom. The van der Waals surface area contributed by atoms with Crippen molar-refractivity contribution in [1.82, 2.24) is 10.1 Å². The second kappa shape index (κ2) is 9.98. The number of aryl methyl sites for hydroxylation is 1. The Balaban J connectivity index is 1.57. The van der Waals surface area contributed by atoms with Crippen molar-refractivity contribution in [3.63, 3.8) is 0 Å². The number of hydrogen-bond donors (Lipinski definition) is 1. The Hall–Kier alpha value is -3.26. The molecule has 3 rings (SSSR count). The summed E-state index contributed by atoms with van der Waals surface area (Å²) < 4.78 is 21.1. The number of benzene rings is 2. The van der Waals surface area contributed by atoms with Crippen molar-refractivity contribution in [1.29, 1.82) is 0 Å². The topological polar surface area (TPSA) is 95.7 Å². The molecule has 8 nitrogen and oxygen atoms in total. The SMILES string of the molecule is COc1cc(NC(=O)CCCc2nc(-c3ccccc3OC)no2)c(OC)cc1Cl. The van der Waals surface area contributed by atoms with Crippen molar-refractivity contribution >= 4 is 23.2 Å². The van der Waals surface area contributed by atoms with Gasteiger partial charge in [0.2, 0.25) is 17.6 Å². The summed E-state index contributed by atoms with van der Waals surface area (Å²) in [7, 11) is 4.59. The van der Waals surface area contributed by atoms with E-state index in [0.29, 0.717) is 52.5 Å². The van der Waals surface area contributed by atoms with E-state index in [1.807, 2.05) is 24.3 Å². The second-order valence-electron chi connectivity index (χ2n) is 6.30. The van der Waals surface area contributed by atoms with Crippen LogP contribution in [0.1, 0.15) is 18.7 Å². The zero-order chi connectivity index (χ0) is 21.5. The number of para-hydroxylation sites is 1. The number of nitrogens with one attached hydrogen (secondary N) is 1. The van der Waals surface area contributed by atoms with Gasteiger partial charge in [-0.1, -0.05) is 28.9 Å². The van der Waals surface area contributed by atoms with Crippen LogP contribution in [-0.2, 0) is 11.2 Å². The van der Waals surface area contributed by atoms with Gasteiger partial charge in [-0.3, -0.25) is 4.79 Å². The van der Waals surface area contributed by atoms with E-state index < -0.39 is 0 Å². The molecular formula is C21H22ClN3O5. The maximum absolute atomic E-state index is 12.3. The highest BCUT2D eigenvalue weighted by Crippen LogP contribution is 2.36. The predicted octanol–water partition coefficient (Wildman–Crippen LogP) is 4.38. The van der Waals surface area contributed by atoms with Crippen LogP contribution in [0.3, 0.4) is 0 Å². The molecule has 0 radical (unpaired) electrons. The fourth-order valence-electron chi connectivity index (χ4n) is 2.87. The number of ether oxygens (including phenoxy) is 3. The van der Waals surface area contributed by atoms with E-state index in [9.17, 15) is 4.79 Å². The first-order valence-electron chi connectivity index (χ1n) is 9.23. The van der Waals surface area contributed by atoms with Gasteiger partial charge in [0.25, 0.3) is 0 Å². The summed E-state index contributed by atoms with van der Waals surface area (Å²) in [5, 5.41) is 7.21. The number of nitrogens with zero attached hydrogens (tertiary/aromatic N) is 2. The molecule has 1 aromatic heterocycles. The van der Waals surface area contributed by atoms with Gasteiger partial charge in [-0.25, -0.2) is 0 Å². The minimum Gasteiger partial charge on any atom is -0.496 e. The van der Waals surface area contributed by atoms with Crippen LogP contribution >= 0.6 is 11.6 Å². The molecule has 9 heteroatoms. The van der Waals surface area contributed by atoms with Crippen LogP contribution in [0.25, 0.3) is 11.4 Å². The van der Waals surface area contributed by atoms with E-state index in [0.717, 1.165) is 5.56 Å². The van der Waals surface area contributed by atoms with Gasteiger partial charge in [0.15, 0.2) is 0 Å². The van der Waals surface area contributed by atoms with E-state index in [1.54, 1.807) is 19.2 Å². The Morgan fingerprint density at radius 1 is 1.07 bits per heavy atom. The summed E-state index contributed by atoms with van der Waals surface area (Å²) in [6.07, 6.45) is 1.27. The average Bonchev–Trinajstić information content (AvgIpc) is 3.23. The zero-order valence-corrected chi connectivity index (χ0v) is 17.7. The minimum atomic E-state index is -0.179. The van der Waals surface area contributed by atoms with Crippen molar-refractivity contribution < 1.29 is 23.5 Å². The van der Waals surface area contributed by atoms with Crippen molar-refractivity contribution in [2.75, 3.05) is 26.6 Å². The van der Waals surface area contributed by atoms with Crippen LogP contribution in [-0.4, -0.2) is 37.4 Å². The summed E-state index contributed by atoms with van der Waals surface area (Å²) >= 11 is 6.08. The van der Waals surface area contributed by atoms with Gasteiger partial charge < -0.3 is 24.1 Å². The zero-order valence-electron chi connectivity index (χ0n) is 16.9. The second-order valence-corrected chi connectivity index (χ2v) is 6.71. The lowest BCUT2D eigenvalue weighted by atomic mass is 10.2. The van der Waals surface area contributed by atoms with Gasteiger partial charge in [0.05, 0.1) is 37.6 Å². The van der Waals surface area contributed by atoms with E-state index in [-0.39, 0.29) is 12.3 Å². The standard InChI is InChI=1S/C21H22ClN3O5/c1-27-16-8-5-4-7-13(16)21-24-20(30-25-21)10-6-9-19(26)23-15-12-17(28-2)14(22)11-18(15)29-3/h4-5,7-8,11-12H,6,9-10H2,1-3H3,(H,23,26). The molecule has 1 N–H and O–H groups in total. The average molecular weight is 432 g/mol. The molecule has 0 aliphatic rings. The first-order chi connectivity index (χ1) is 14.5. The molecule has 1 amide bonds. The van der Waals surface area contributed by atoms with E-state index >= 15 is 0 Å². The molecular weight excluding hydrogens is 410 g/mol. The minimum absolute atomic E-state index is 0.179. The van der Waals surface area contributed by atoms with Crippen LogP contribution in [0, 0.1) is 0 Å². The van der Waals surface area contributed by atoms with Crippen LogP contribution < -0.4 is 19.5 Å². The smallest absolute Gasteiger partial charge is 0.226 e. The number of halogens is 1. The number of rotatable bonds is 9. The molecule has 2 aromatic carbocycles. The molecule has 0 saturated carbocycles. The molecule has 3 aromatic rings. The highest BCUT2D eigenvalue weighted by atomic mass is 35.5. The Morgan fingerprint density at radius 3 is 2.53 bits per heavy atom. The third-order valence-electron chi connectivity index (χ3n) is 4.36. The van der Waals surface area contributed by atoms with Crippen molar-refractivity contribution in [2.45, 2.75) is 19.3 Å². The Bertz CT molecular complexity index is 1020. The van der Waals surface area contributed by atoms with Crippen molar-refractivity contribution in [3.8, 4) is 28.6 Å². The lowest BCUT2D eigenvalue weighted by molar-refractivity contribution is -0.116. The monoisotopic (exact) mass is 431 g/mol. The number of hydrogen-bond acceptors (Lipinski definition) is 7. The van der Waals surface area contributed by atoms with Gasteiger partial charge in [-0.05, 0) is 18.6 Å². The first-order valence-corrected chi connectivity index (χ1v) is 9.60. The van der Waals surface area contributed by atoms with Gasteiger partial charge in [-0.2, -0.15) is 4.98 Å². The van der Waals surface area contributed by atoms with Crippen molar-refractivity contribution in [2.24, 2.45) is 0 Å². The number of carbonyl (C=O) groups excluding carboxylic acids is 1. The number of anilines is 1. The first kappa shape index (κ1) is 21.4. The summed E-state index contributed by atoms with van der Waals surface area (Å²) in [6.45, 7) is 0. The summed E-state index contributed by atoms with van der Waals surface area (Å²) in [6, 6.07) is 10.6.